The molecule has 2 aromatic heterocycles. The van der Waals surface area contributed by atoms with Crippen molar-refractivity contribution in [3.05, 3.63) is 173 Å². The number of nitrogens with zero attached hydrogens (tertiary/aromatic N) is 8. The van der Waals surface area contributed by atoms with Crippen molar-refractivity contribution >= 4 is 242 Å². The average Bonchev–Trinajstić information content (AvgIpc) is 1.71. The molecule has 535 valence electrons. The Morgan fingerprint density at radius 2 is 0.895 bits per heavy atom. The molecule has 7 aromatic rings. The van der Waals surface area contributed by atoms with Crippen molar-refractivity contribution in [3.8, 4) is 0 Å². The third kappa shape index (κ3) is 50.2. The molecule has 2 heterocycles. The Balaban J connectivity index is -0.000000185. The van der Waals surface area contributed by atoms with Gasteiger partial charge in [0.1, 0.15) is 17.2 Å². The molecule has 0 atom stereocenters. The summed E-state index contributed by atoms with van der Waals surface area (Å²) in [4.78, 5) is 78.0. The van der Waals surface area contributed by atoms with Crippen molar-refractivity contribution in [2.75, 3.05) is 34.0 Å². The van der Waals surface area contributed by atoms with Gasteiger partial charge in [-0.1, -0.05) is 130 Å². The van der Waals surface area contributed by atoms with E-state index in [1.807, 2.05) is 98.6 Å². The van der Waals surface area contributed by atoms with Crippen LogP contribution in [0.15, 0.2) is 91.0 Å². The first kappa shape index (κ1) is 106. The number of alkyl halides is 2. The Hall–Kier alpha value is -2.82. The van der Waals surface area contributed by atoms with Crippen LogP contribution in [-0.2, 0) is 60.4 Å². The van der Waals surface area contributed by atoms with E-state index in [-0.39, 0.29) is 34.2 Å². The monoisotopic (exact) mass is 2210 g/mol. The number of nitro benzene ring substituents is 4. The van der Waals surface area contributed by atoms with Crippen LogP contribution in [0.1, 0.15) is 119 Å². The second kappa shape index (κ2) is 65.8. The number of esters is 2. The van der Waals surface area contributed by atoms with Gasteiger partial charge in [-0.2, -0.15) is 13.8 Å². The number of fused-ring (bicyclic) bond motifs is 2. The van der Waals surface area contributed by atoms with E-state index >= 15 is 0 Å². The fraction of sp³-hybridized carbons (Fsp3) is 0.383. The van der Waals surface area contributed by atoms with E-state index in [9.17, 15) is 54.8 Å². The zero-order chi connectivity index (χ0) is 75.8. The van der Waals surface area contributed by atoms with Gasteiger partial charge in [-0.3, -0.25) is 54.8 Å². The SMILES string of the molecule is CC(=O)Nc1cccc2nc(C)n(C)c12.CC(=O)OC(C)=O.CC(C)I.CCC.CCCI.CCc1c(N)cccc1N.CCc1c([N+](=O)[O-])cccc1[N+](=O)[O-].CN.Cc1nc2cccc(N)c2n1C.O=[N+]([O-])c1cccc([N+](=O)[O-])c1Cl.[CH2-]C.[CH2-]C.[I][V]([I])[I].[I][V][I]. The summed E-state index contributed by atoms with van der Waals surface area (Å²) < 4.78 is 10.0. The Labute approximate surface area is 659 Å². The first-order chi connectivity index (χ1) is 44.5. The van der Waals surface area contributed by atoms with Crippen LogP contribution in [0.2, 0.25) is 5.02 Å². The molecule has 35 heteroatoms. The Bertz CT molecular complexity index is 3210. The van der Waals surface area contributed by atoms with Gasteiger partial charge in [0.05, 0.1) is 53.1 Å². The Morgan fingerprint density at radius 1 is 0.621 bits per heavy atom. The summed E-state index contributed by atoms with van der Waals surface area (Å²) in [5, 5.41) is 44.0. The van der Waals surface area contributed by atoms with Gasteiger partial charge in [0.15, 0.2) is 5.02 Å². The average molecular weight is 2210 g/mol. The fourth-order valence-electron chi connectivity index (χ4n) is 6.38. The number of halogens is 8. The molecule has 25 nitrogen and oxygen atoms in total. The molecule has 9 N–H and O–H groups in total. The summed E-state index contributed by atoms with van der Waals surface area (Å²) in [6, 6.07) is 24.4. The van der Waals surface area contributed by atoms with E-state index in [0.29, 0.717) is 9.47 Å². The minimum absolute atomic E-state index is 0.0682. The molecule has 0 bridgehead atoms. The van der Waals surface area contributed by atoms with Crippen molar-refractivity contribution < 1.29 is 53.2 Å². The van der Waals surface area contributed by atoms with Crippen LogP contribution in [0.25, 0.3) is 22.1 Å². The third-order valence-electron chi connectivity index (χ3n) is 9.88. The maximum absolute atomic E-state index is 11.0. The molecule has 0 aliphatic heterocycles. The quantitative estimate of drug-likeness (QED) is 0.0138. The van der Waals surface area contributed by atoms with Crippen molar-refractivity contribution in [2.45, 2.75) is 127 Å². The first-order valence-electron chi connectivity index (χ1n) is 28.1. The molecule has 0 spiro atoms. The molecule has 0 radical (unpaired) electrons. The number of benzene rings is 5. The van der Waals surface area contributed by atoms with Crippen molar-refractivity contribution in [3.63, 3.8) is 0 Å². The van der Waals surface area contributed by atoms with Gasteiger partial charge >= 0.3 is 126 Å². The number of ether oxygens (including phenoxy) is 1. The second-order valence-corrected chi connectivity index (χ2v) is 68.4. The van der Waals surface area contributed by atoms with E-state index in [0.717, 1.165) is 84.5 Å². The summed E-state index contributed by atoms with van der Waals surface area (Å²) in [6.45, 7) is 32.2. The van der Waals surface area contributed by atoms with E-state index in [1.54, 1.807) is 20.8 Å². The third-order valence-corrected chi connectivity index (χ3v) is 11.3. The maximum atomic E-state index is 11.0. The zero-order valence-electron chi connectivity index (χ0n) is 56.4. The van der Waals surface area contributed by atoms with Gasteiger partial charge in [0.2, 0.25) is 5.91 Å². The topological polar surface area (TPSA) is 385 Å². The number of aryl methyl sites for hydroxylation is 4. The van der Waals surface area contributed by atoms with Gasteiger partial charge in [-0.15, -0.1) is 0 Å². The van der Waals surface area contributed by atoms with E-state index in [4.69, 9.17) is 28.8 Å². The summed E-state index contributed by atoms with van der Waals surface area (Å²) in [5.41, 5.74) is 28.6. The Morgan fingerprint density at radius 3 is 1.16 bits per heavy atom. The predicted molar refractivity (Wildman–Crippen MR) is 447 cm³/mol. The molecule has 1 amide bonds. The van der Waals surface area contributed by atoms with Crippen LogP contribution in [0, 0.1) is 68.2 Å². The van der Waals surface area contributed by atoms with Crippen LogP contribution >= 0.6 is 157 Å². The predicted octanol–water partition coefficient (Wildman–Crippen LogP) is 19.8. The van der Waals surface area contributed by atoms with E-state index in [2.05, 4.69) is 219 Å². The molecule has 0 unspecified atom stereocenters. The summed E-state index contributed by atoms with van der Waals surface area (Å²) >= 11 is 22.2. The van der Waals surface area contributed by atoms with Crippen LogP contribution in [-0.4, -0.2) is 72.0 Å². The molecule has 7 rings (SSSR count). The molecule has 0 fully saturated rings. The minimum atomic E-state index is -0.769. The fourth-order valence-corrected chi connectivity index (χ4v) is 6.65. The number of aromatic nitrogens is 4. The van der Waals surface area contributed by atoms with Gasteiger partial charge in [-0.25, -0.2) is 9.97 Å². The number of hydrogen-bond acceptors (Lipinski definition) is 18. The van der Waals surface area contributed by atoms with Crippen molar-refractivity contribution in [1.82, 2.24) is 19.1 Å². The van der Waals surface area contributed by atoms with Gasteiger partial charge in [-0.05, 0) is 98.7 Å². The number of imidazole rings is 2. The first-order valence-corrected chi connectivity index (χ1v) is 53.7. The molecule has 0 aliphatic rings. The van der Waals surface area contributed by atoms with Crippen molar-refractivity contribution in [1.29, 1.82) is 0 Å². The van der Waals surface area contributed by atoms with Gasteiger partial charge < -0.3 is 56.0 Å². The van der Waals surface area contributed by atoms with E-state index < -0.39 is 48.0 Å². The number of nitrogen functional groups attached to an aromatic ring is 3. The number of carbonyl (C=O) groups is 3. The van der Waals surface area contributed by atoms with E-state index in [1.165, 1.54) is 69.4 Å². The molecule has 5 aromatic carbocycles. The molecular weight excluding hydrogens is 2120 g/mol. The Kier molecular flexibility index (Phi) is 73.1. The number of hydrogen-bond donors (Lipinski definition) is 5. The van der Waals surface area contributed by atoms with Crippen LogP contribution in [0.5, 0.6) is 0 Å². The van der Waals surface area contributed by atoms with Crippen LogP contribution in [0.3, 0.4) is 0 Å². The molecular formula is C60H90ClI7N13O12V2-2. The van der Waals surface area contributed by atoms with Gasteiger partial charge in [0, 0.05) is 74.4 Å². The normalized spacial score (nSPS) is 8.99. The molecule has 0 saturated heterocycles. The standard InChI is InChI=1S/C11H13N3O.C9H11N3.C8H8N2O4.C8H12N2.C6H3ClN2O4.C4H6O3.2C3H7I.C3H8.2C2H5.CH5N.5HI.2V/c1-7-12-9-5-4-6-10(13-8(2)15)11(9)14(7)3;1-6-11-8-5-3-4-7(10)9(8)12(6)2;1-2-6-7(9(11)12)4-3-5-8(6)10(13)14;1-2-6-7(9)4-3-5-8(6)10;7-6-4(8(10)11)2-1-3-5(6)9(12)13;1-3(5)7-4(2)6;1-3(2)4;1-2-3-4;1-3-2;3*1-2;;;;;;;/h4-6H,1-3H3,(H,13,15);3-5H,10H2,1-2H3;3-5H,2H2,1H3;3-5H,2,9-10H2,1H3;1-3H;1-2H3;3H,1-2H3;2-3H2,1H3;3H2,1-2H3;2*1H2,2H3;2H2,1H3;5*1H;;/q;;;;;;;;;2*-1;;;;;;;+2;+3/p-5. The number of carbonyl (C=O) groups excluding carboxylic acids is 3. The number of rotatable bonds is 8. The summed E-state index contributed by atoms with van der Waals surface area (Å²) in [6.07, 6.45) is 3.73. The molecule has 95 heavy (non-hydrogen) atoms. The summed E-state index contributed by atoms with van der Waals surface area (Å²) in [7, 11) is 6.04. The number of nitrogens with two attached hydrogens (primary N) is 4. The summed E-state index contributed by atoms with van der Waals surface area (Å²) in [5.74, 6) is 0.729. The number of anilines is 4. The number of nitro groups is 4. The number of amides is 1. The van der Waals surface area contributed by atoms with Crippen LogP contribution in [0.4, 0.5) is 45.5 Å². The molecule has 0 saturated carbocycles. The van der Waals surface area contributed by atoms with Gasteiger partial charge in [0.25, 0.3) is 22.7 Å². The van der Waals surface area contributed by atoms with Crippen LogP contribution < -0.4 is 28.3 Å². The number of para-hydroxylation sites is 2. The zero-order valence-corrected chi connectivity index (χ0v) is 75.0. The molecule has 0 aliphatic carbocycles. The second-order valence-electron chi connectivity index (χ2n) is 17.3. The van der Waals surface area contributed by atoms with Crippen molar-refractivity contribution in [2.24, 2.45) is 19.8 Å². The number of nitrogens with one attached hydrogen (secondary N) is 1.